The molecule has 1 atom stereocenters. The molecule has 0 spiro atoms. The summed E-state index contributed by atoms with van der Waals surface area (Å²) in [4.78, 5) is 12.0. The fourth-order valence-electron chi connectivity index (χ4n) is 1.42. The number of aliphatic carboxylic acids is 1. The second-order valence-corrected chi connectivity index (χ2v) is 5.05. The molecule has 1 aliphatic rings. The van der Waals surface area contributed by atoms with Crippen LogP contribution in [-0.2, 0) is 4.79 Å². The van der Waals surface area contributed by atoms with Crippen LogP contribution < -0.4 is 5.32 Å². The van der Waals surface area contributed by atoms with Crippen molar-refractivity contribution in [3.63, 3.8) is 0 Å². The second kappa shape index (κ2) is 4.93. The molecule has 1 unspecified atom stereocenters. The van der Waals surface area contributed by atoms with Gasteiger partial charge in [-0.1, -0.05) is 0 Å². The van der Waals surface area contributed by atoms with E-state index in [1.54, 1.807) is 6.26 Å². The Morgan fingerprint density at radius 1 is 1.75 bits per heavy atom. The van der Waals surface area contributed by atoms with Crippen LogP contribution in [0, 0.1) is 6.92 Å². The molecule has 1 heterocycles. The summed E-state index contributed by atoms with van der Waals surface area (Å²) in [6.45, 7) is 1.88. The molecule has 1 aliphatic carbocycles. The van der Waals surface area contributed by atoms with Gasteiger partial charge in [0, 0.05) is 16.7 Å². The first kappa shape index (κ1) is 11.5. The molecule has 1 fully saturated rings. The summed E-state index contributed by atoms with van der Waals surface area (Å²) in [5.41, 5.74) is 0. The van der Waals surface area contributed by atoms with Gasteiger partial charge in [0.15, 0.2) is 0 Å². The quantitative estimate of drug-likeness (QED) is 0.745. The molecule has 2 N–H and O–H groups in total. The Kier molecular flexibility index (Phi) is 3.56. The highest BCUT2D eigenvalue weighted by Crippen LogP contribution is 2.25. The predicted molar refractivity (Wildman–Crippen MR) is 61.8 cm³/mol. The average molecular weight is 241 g/mol. The van der Waals surface area contributed by atoms with Crippen molar-refractivity contribution in [2.75, 3.05) is 5.75 Å². The fourth-order valence-corrected chi connectivity index (χ4v) is 2.41. The molecule has 16 heavy (non-hydrogen) atoms. The van der Waals surface area contributed by atoms with Crippen LogP contribution in [0.4, 0.5) is 0 Å². The fraction of sp³-hybridized carbons (Fsp3) is 0.545. The summed E-state index contributed by atoms with van der Waals surface area (Å²) < 4.78 is 5.16. The molecule has 1 saturated carbocycles. The van der Waals surface area contributed by atoms with Crippen molar-refractivity contribution in [1.82, 2.24) is 5.32 Å². The standard InChI is InChI=1S/C11H15NO3S/c1-7-10(4-5-15-7)16-6-9(11(13)14)12-8-2-3-8/h4-5,8-9,12H,2-3,6H2,1H3,(H,13,14). The third-order valence-electron chi connectivity index (χ3n) is 2.53. The van der Waals surface area contributed by atoms with Gasteiger partial charge in [0.1, 0.15) is 11.8 Å². The summed E-state index contributed by atoms with van der Waals surface area (Å²) in [7, 11) is 0. The Balaban J connectivity index is 1.85. The zero-order valence-corrected chi connectivity index (χ0v) is 9.92. The molecule has 5 heteroatoms. The number of thioether (sulfide) groups is 1. The van der Waals surface area contributed by atoms with Crippen LogP contribution in [0.2, 0.25) is 0 Å². The molecular formula is C11H15NO3S. The van der Waals surface area contributed by atoms with Crippen LogP contribution in [0.3, 0.4) is 0 Å². The first-order valence-corrected chi connectivity index (χ1v) is 6.31. The lowest BCUT2D eigenvalue weighted by atomic mass is 10.3. The van der Waals surface area contributed by atoms with E-state index in [1.165, 1.54) is 11.8 Å². The maximum Gasteiger partial charge on any atom is 0.321 e. The minimum Gasteiger partial charge on any atom is -0.480 e. The van der Waals surface area contributed by atoms with Crippen LogP contribution in [0.25, 0.3) is 0 Å². The van der Waals surface area contributed by atoms with Crippen LogP contribution in [0.5, 0.6) is 0 Å². The van der Waals surface area contributed by atoms with Crippen molar-refractivity contribution in [3.05, 3.63) is 18.1 Å². The molecule has 0 aromatic carbocycles. The average Bonchev–Trinajstić information content (AvgIpc) is 2.96. The number of aryl methyl sites for hydroxylation is 1. The van der Waals surface area contributed by atoms with Gasteiger partial charge in [0.05, 0.1) is 6.26 Å². The molecule has 2 rings (SSSR count). The number of carboxylic acids is 1. The van der Waals surface area contributed by atoms with E-state index >= 15 is 0 Å². The van der Waals surface area contributed by atoms with Gasteiger partial charge in [-0.2, -0.15) is 0 Å². The largest absolute Gasteiger partial charge is 0.480 e. The van der Waals surface area contributed by atoms with Gasteiger partial charge in [-0.25, -0.2) is 0 Å². The van der Waals surface area contributed by atoms with E-state index in [-0.39, 0.29) is 0 Å². The lowest BCUT2D eigenvalue weighted by molar-refractivity contribution is -0.138. The molecule has 0 aliphatic heterocycles. The number of carbonyl (C=O) groups is 1. The first-order chi connectivity index (χ1) is 7.66. The minimum absolute atomic E-state index is 0.409. The van der Waals surface area contributed by atoms with Crippen molar-refractivity contribution >= 4 is 17.7 Å². The molecular weight excluding hydrogens is 226 g/mol. The molecule has 1 aromatic rings. The predicted octanol–water partition coefficient (Wildman–Crippen LogP) is 1.89. The van der Waals surface area contributed by atoms with Crippen LogP contribution in [0.15, 0.2) is 21.6 Å². The van der Waals surface area contributed by atoms with E-state index < -0.39 is 12.0 Å². The highest BCUT2D eigenvalue weighted by atomic mass is 32.2. The highest BCUT2D eigenvalue weighted by molar-refractivity contribution is 7.99. The molecule has 0 radical (unpaired) electrons. The Labute approximate surface area is 98.4 Å². The monoisotopic (exact) mass is 241 g/mol. The second-order valence-electron chi connectivity index (χ2n) is 3.98. The molecule has 0 amide bonds. The third-order valence-corrected chi connectivity index (χ3v) is 3.76. The summed E-state index contributed by atoms with van der Waals surface area (Å²) in [5.74, 6) is 0.604. The van der Waals surface area contributed by atoms with Gasteiger partial charge in [-0.05, 0) is 25.8 Å². The van der Waals surface area contributed by atoms with E-state index in [2.05, 4.69) is 5.32 Å². The van der Waals surface area contributed by atoms with Crippen molar-refractivity contribution in [3.8, 4) is 0 Å². The van der Waals surface area contributed by atoms with Crippen LogP contribution in [-0.4, -0.2) is 28.9 Å². The van der Waals surface area contributed by atoms with E-state index in [4.69, 9.17) is 9.52 Å². The van der Waals surface area contributed by atoms with Gasteiger partial charge in [-0.15, -0.1) is 11.8 Å². The van der Waals surface area contributed by atoms with Gasteiger partial charge in [0.2, 0.25) is 0 Å². The van der Waals surface area contributed by atoms with E-state index in [1.807, 2.05) is 13.0 Å². The van der Waals surface area contributed by atoms with Crippen LogP contribution in [0.1, 0.15) is 18.6 Å². The van der Waals surface area contributed by atoms with E-state index in [0.717, 1.165) is 23.5 Å². The lowest BCUT2D eigenvalue weighted by Crippen LogP contribution is -2.40. The Bertz CT molecular complexity index is 373. The van der Waals surface area contributed by atoms with Crippen molar-refractivity contribution in [2.24, 2.45) is 0 Å². The number of nitrogens with one attached hydrogen (secondary N) is 1. The van der Waals surface area contributed by atoms with E-state index in [0.29, 0.717) is 11.8 Å². The summed E-state index contributed by atoms with van der Waals surface area (Å²) in [5, 5.41) is 12.2. The lowest BCUT2D eigenvalue weighted by Gasteiger charge is -2.12. The number of rotatable bonds is 6. The molecule has 0 saturated heterocycles. The molecule has 1 aromatic heterocycles. The summed E-state index contributed by atoms with van der Waals surface area (Å²) in [6.07, 6.45) is 3.82. The maximum atomic E-state index is 11.0. The topological polar surface area (TPSA) is 62.5 Å². The van der Waals surface area contributed by atoms with Crippen LogP contribution >= 0.6 is 11.8 Å². The van der Waals surface area contributed by atoms with Gasteiger partial charge >= 0.3 is 5.97 Å². The van der Waals surface area contributed by atoms with Crippen molar-refractivity contribution < 1.29 is 14.3 Å². The Hall–Kier alpha value is -0.940. The normalized spacial score (nSPS) is 17.3. The summed E-state index contributed by atoms with van der Waals surface area (Å²) >= 11 is 1.52. The molecule has 4 nitrogen and oxygen atoms in total. The third kappa shape index (κ3) is 3.02. The highest BCUT2D eigenvalue weighted by Gasteiger charge is 2.28. The molecule has 88 valence electrons. The zero-order valence-electron chi connectivity index (χ0n) is 9.10. The smallest absolute Gasteiger partial charge is 0.321 e. The summed E-state index contributed by atoms with van der Waals surface area (Å²) in [6, 6.07) is 1.81. The number of hydrogen-bond donors (Lipinski definition) is 2. The van der Waals surface area contributed by atoms with E-state index in [9.17, 15) is 4.79 Å². The van der Waals surface area contributed by atoms with Gasteiger partial charge in [0.25, 0.3) is 0 Å². The SMILES string of the molecule is Cc1occc1SCC(NC1CC1)C(=O)O. The van der Waals surface area contributed by atoms with Gasteiger partial charge < -0.3 is 14.8 Å². The van der Waals surface area contributed by atoms with Crippen molar-refractivity contribution in [1.29, 1.82) is 0 Å². The zero-order chi connectivity index (χ0) is 11.5. The van der Waals surface area contributed by atoms with Gasteiger partial charge in [-0.3, -0.25) is 4.79 Å². The molecule has 0 bridgehead atoms. The first-order valence-electron chi connectivity index (χ1n) is 5.32. The Morgan fingerprint density at radius 3 is 3.00 bits per heavy atom. The number of hydrogen-bond acceptors (Lipinski definition) is 4. The number of carboxylic acid groups (broad SMARTS) is 1. The maximum absolute atomic E-state index is 11.0. The van der Waals surface area contributed by atoms with Crippen molar-refractivity contribution in [2.45, 2.75) is 36.7 Å². The minimum atomic E-state index is -0.777. The Morgan fingerprint density at radius 2 is 2.50 bits per heavy atom. The number of furan rings is 1.